The SMILES string of the molecule is CNCCCNC(=O)CNC(=O)c1cccs1. The summed E-state index contributed by atoms with van der Waals surface area (Å²) in [7, 11) is 1.86. The molecular formula is C11H17N3O2S. The standard InChI is InChI=1S/C11H17N3O2S/c1-12-5-3-6-13-10(15)8-14-11(16)9-4-2-7-17-9/h2,4,7,12H,3,5-6,8H2,1H3,(H,13,15)(H,14,16). The molecule has 0 atom stereocenters. The van der Waals surface area contributed by atoms with Crippen LogP contribution in [0.3, 0.4) is 0 Å². The Morgan fingerprint density at radius 1 is 1.29 bits per heavy atom. The van der Waals surface area contributed by atoms with E-state index >= 15 is 0 Å². The van der Waals surface area contributed by atoms with Gasteiger partial charge in [0.15, 0.2) is 0 Å². The predicted octanol–water partition coefficient (Wildman–Crippen LogP) is 0.204. The molecule has 1 aromatic heterocycles. The maximum absolute atomic E-state index is 11.5. The second-order valence-corrected chi connectivity index (χ2v) is 4.41. The van der Waals surface area contributed by atoms with Gasteiger partial charge in [0.05, 0.1) is 11.4 Å². The predicted molar refractivity (Wildman–Crippen MR) is 68.2 cm³/mol. The molecule has 0 radical (unpaired) electrons. The van der Waals surface area contributed by atoms with E-state index in [0.717, 1.165) is 13.0 Å². The maximum atomic E-state index is 11.5. The summed E-state index contributed by atoms with van der Waals surface area (Å²) in [6.45, 7) is 1.51. The van der Waals surface area contributed by atoms with Gasteiger partial charge in [0, 0.05) is 6.54 Å². The van der Waals surface area contributed by atoms with Crippen molar-refractivity contribution < 1.29 is 9.59 Å². The summed E-state index contributed by atoms with van der Waals surface area (Å²) in [5.74, 6) is -0.364. The van der Waals surface area contributed by atoms with Gasteiger partial charge >= 0.3 is 0 Å². The highest BCUT2D eigenvalue weighted by Gasteiger charge is 2.07. The van der Waals surface area contributed by atoms with Crippen LogP contribution in [0.25, 0.3) is 0 Å². The van der Waals surface area contributed by atoms with Gasteiger partial charge in [-0.3, -0.25) is 9.59 Å². The second kappa shape index (κ2) is 7.81. The average Bonchev–Trinajstić information content (AvgIpc) is 2.85. The molecule has 2 amide bonds. The number of carbonyl (C=O) groups is 2. The lowest BCUT2D eigenvalue weighted by atomic mass is 10.4. The Bertz CT molecular complexity index is 352. The Labute approximate surface area is 105 Å². The van der Waals surface area contributed by atoms with Gasteiger partial charge in [-0.25, -0.2) is 0 Å². The van der Waals surface area contributed by atoms with E-state index in [4.69, 9.17) is 0 Å². The van der Waals surface area contributed by atoms with Crippen molar-refractivity contribution in [2.45, 2.75) is 6.42 Å². The first-order valence-electron chi connectivity index (χ1n) is 5.47. The van der Waals surface area contributed by atoms with Crippen molar-refractivity contribution in [2.24, 2.45) is 0 Å². The van der Waals surface area contributed by atoms with Crippen LogP contribution >= 0.6 is 11.3 Å². The molecule has 17 heavy (non-hydrogen) atoms. The van der Waals surface area contributed by atoms with E-state index in [1.807, 2.05) is 12.4 Å². The van der Waals surface area contributed by atoms with E-state index in [1.54, 1.807) is 12.1 Å². The molecule has 0 saturated carbocycles. The summed E-state index contributed by atoms with van der Waals surface area (Å²) in [5.41, 5.74) is 0. The number of nitrogens with one attached hydrogen (secondary N) is 3. The molecule has 0 aliphatic heterocycles. The quantitative estimate of drug-likeness (QED) is 0.610. The van der Waals surface area contributed by atoms with Gasteiger partial charge in [-0.1, -0.05) is 6.07 Å². The summed E-state index contributed by atoms with van der Waals surface area (Å²) in [6, 6.07) is 3.53. The smallest absolute Gasteiger partial charge is 0.261 e. The summed E-state index contributed by atoms with van der Waals surface area (Å²) < 4.78 is 0. The summed E-state index contributed by atoms with van der Waals surface area (Å²) in [4.78, 5) is 23.5. The first kappa shape index (κ1) is 13.7. The first-order chi connectivity index (χ1) is 8.24. The van der Waals surface area contributed by atoms with E-state index in [1.165, 1.54) is 11.3 Å². The molecule has 0 saturated heterocycles. The zero-order chi connectivity index (χ0) is 12.5. The minimum atomic E-state index is -0.203. The minimum absolute atomic E-state index is 0.0241. The molecule has 0 aliphatic rings. The summed E-state index contributed by atoms with van der Waals surface area (Å²) in [6.07, 6.45) is 0.876. The minimum Gasteiger partial charge on any atom is -0.355 e. The van der Waals surface area contributed by atoms with Crippen LogP contribution in [0.4, 0.5) is 0 Å². The van der Waals surface area contributed by atoms with Gasteiger partial charge in [-0.05, 0) is 31.5 Å². The lowest BCUT2D eigenvalue weighted by molar-refractivity contribution is -0.120. The summed E-state index contributed by atoms with van der Waals surface area (Å²) >= 11 is 1.36. The Morgan fingerprint density at radius 3 is 2.76 bits per heavy atom. The highest BCUT2D eigenvalue weighted by atomic mass is 32.1. The Hall–Kier alpha value is -1.40. The highest BCUT2D eigenvalue weighted by molar-refractivity contribution is 7.12. The topological polar surface area (TPSA) is 70.2 Å². The van der Waals surface area contributed by atoms with E-state index in [-0.39, 0.29) is 18.4 Å². The van der Waals surface area contributed by atoms with Crippen molar-refractivity contribution in [3.05, 3.63) is 22.4 Å². The van der Waals surface area contributed by atoms with Crippen LogP contribution in [0.5, 0.6) is 0 Å². The fraction of sp³-hybridized carbons (Fsp3) is 0.455. The first-order valence-corrected chi connectivity index (χ1v) is 6.35. The number of thiophene rings is 1. The molecule has 0 aromatic carbocycles. The third-order valence-corrected chi connectivity index (χ3v) is 2.95. The van der Waals surface area contributed by atoms with Crippen LogP contribution in [0.15, 0.2) is 17.5 Å². The van der Waals surface area contributed by atoms with E-state index < -0.39 is 0 Å². The van der Waals surface area contributed by atoms with E-state index in [0.29, 0.717) is 11.4 Å². The van der Waals surface area contributed by atoms with Crippen LogP contribution in [0.2, 0.25) is 0 Å². The molecule has 5 nitrogen and oxygen atoms in total. The van der Waals surface area contributed by atoms with Crippen molar-refractivity contribution in [3.63, 3.8) is 0 Å². The fourth-order valence-electron chi connectivity index (χ4n) is 1.21. The molecule has 3 N–H and O–H groups in total. The van der Waals surface area contributed by atoms with Crippen LogP contribution in [0.1, 0.15) is 16.1 Å². The van der Waals surface area contributed by atoms with E-state index in [9.17, 15) is 9.59 Å². The lowest BCUT2D eigenvalue weighted by Crippen LogP contribution is -2.37. The molecule has 0 fully saturated rings. The molecular weight excluding hydrogens is 238 g/mol. The summed E-state index contributed by atoms with van der Waals surface area (Å²) in [5, 5.41) is 10.1. The average molecular weight is 255 g/mol. The third kappa shape index (κ3) is 5.46. The molecule has 94 valence electrons. The number of carbonyl (C=O) groups excluding carboxylic acids is 2. The third-order valence-electron chi connectivity index (χ3n) is 2.08. The van der Waals surface area contributed by atoms with Gasteiger partial charge in [0.25, 0.3) is 5.91 Å². The molecule has 1 aromatic rings. The van der Waals surface area contributed by atoms with Gasteiger partial charge in [0.1, 0.15) is 0 Å². The van der Waals surface area contributed by atoms with Crippen LogP contribution in [0, 0.1) is 0 Å². The number of rotatable bonds is 7. The zero-order valence-corrected chi connectivity index (χ0v) is 10.6. The number of amides is 2. The van der Waals surface area contributed by atoms with Crippen molar-refractivity contribution in [1.82, 2.24) is 16.0 Å². The molecule has 1 rings (SSSR count). The van der Waals surface area contributed by atoms with Crippen LogP contribution in [-0.4, -0.2) is 38.5 Å². The Kier molecular flexibility index (Phi) is 6.27. The largest absolute Gasteiger partial charge is 0.355 e. The van der Waals surface area contributed by atoms with Gasteiger partial charge in [-0.15, -0.1) is 11.3 Å². The van der Waals surface area contributed by atoms with Crippen LogP contribution < -0.4 is 16.0 Å². The van der Waals surface area contributed by atoms with Crippen molar-refractivity contribution >= 4 is 23.2 Å². The maximum Gasteiger partial charge on any atom is 0.261 e. The fourth-order valence-corrected chi connectivity index (χ4v) is 1.85. The van der Waals surface area contributed by atoms with Gasteiger partial charge < -0.3 is 16.0 Å². The number of hydrogen-bond donors (Lipinski definition) is 3. The van der Waals surface area contributed by atoms with Crippen molar-refractivity contribution in [2.75, 3.05) is 26.7 Å². The molecule has 6 heteroatoms. The monoisotopic (exact) mass is 255 g/mol. The molecule has 1 heterocycles. The number of hydrogen-bond acceptors (Lipinski definition) is 4. The Morgan fingerprint density at radius 2 is 2.12 bits per heavy atom. The zero-order valence-electron chi connectivity index (χ0n) is 9.79. The van der Waals surface area contributed by atoms with Crippen LogP contribution in [-0.2, 0) is 4.79 Å². The normalized spacial score (nSPS) is 9.94. The molecule has 0 aliphatic carbocycles. The van der Waals surface area contributed by atoms with Gasteiger partial charge in [-0.2, -0.15) is 0 Å². The van der Waals surface area contributed by atoms with Gasteiger partial charge in [0.2, 0.25) is 5.91 Å². The van der Waals surface area contributed by atoms with Crippen molar-refractivity contribution in [1.29, 1.82) is 0 Å². The lowest BCUT2D eigenvalue weighted by Gasteiger charge is -2.05. The van der Waals surface area contributed by atoms with E-state index in [2.05, 4.69) is 16.0 Å². The van der Waals surface area contributed by atoms with Crippen molar-refractivity contribution in [3.8, 4) is 0 Å². The second-order valence-electron chi connectivity index (χ2n) is 3.47. The highest BCUT2D eigenvalue weighted by Crippen LogP contribution is 2.07. The molecule has 0 spiro atoms. The molecule has 0 unspecified atom stereocenters. The molecule has 0 bridgehead atoms. The Balaban J connectivity index is 2.13.